The van der Waals surface area contributed by atoms with E-state index in [-0.39, 0.29) is 0 Å². The van der Waals surface area contributed by atoms with Crippen LogP contribution in [-0.4, -0.2) is 24.4 Å². The normalized spacial score (nSPS) is 13.0. The third-order valence-electron chi connectivity index (χ3n) is 3.23. The second-order valence-corrected chi connectivity index (χ2v) is 23.9. The van der Waals surface area contributed by atoms with E-state index in [4.69, 9.17) is 4.98 Å². The smallest absolute Gasteiger partial charge is 0.173 e. The first-order valence-corrected chi connectivity index (χ1v) is 18.3. The van der Waals surface area contributed by atoms with E-state index in [0.717, 1.165) is 0 Å². The third-order valence-corrected chi connectivity index (χ3v) is 12.1. The Balaban J connectivity index is 3.62. The average molecular weight is 335 g/mol. The van der Waals surface area contributed by atoms with Crippen LogP contribution in [0.4, 0.5) is 0 Å². The Labute approximate surface area is 135 Å². The van der Waals surface area contributed by atoms with Crippen molar-refractivity contribution in [2.45, 2.75) is 58.9 Å². The second-order valence-electron chi connectivity index (χ2n) is 8.87. The summed E-state index contributed by atoms with van der Waals surface area (Å²) in [5.41, 5.74) is 2.66. The SMILES string of the molecule is C[Si](C)(C)[N]C(=C([Si](C)(C)C)[Si](C)(C)C)c1ccccc1. The Morgan fingerprint density at radius 3 is 1.48 bits per heavy atom. The number of benzene rings is 1. The van der Waals surface area contributed by atoms with Crippen LogP contribution >= 0.6 is 0 Å². The first-order valence-electron chi connectivity index (χ1n) is 7.86. The fourth-order valence-electron chi connectivity index (χ4n) is 3.03. The highest BCUT2D eigenvalue weighted by atomic mass is 28.4. The Bertz CT molecular complexity index is 484. The van der Waals surface area contributed by atoms with Crippen molar-refractivity contribution in [1.82, 2.24) is 4.98 Å². The lowest BCUT2D eigenvalue weighted by Crippen LogP contribution is -2.44. The minimum atomic E-state index is -1.51. The summed E-state index contributed by atoms with van der Waals surface area (Å²) in [6.45, 7) is 21.9. The number of nitrogens with zero attached hydrogens (tertiary/aromatic N) is 1. The van der Waals surface area contributed by atoms with Crippen LogP contribution in [0.1, 0.15) is 5.56 Å². The van der Waals surface area contributed by atoms with Gasteiger partial charge in [0.15, 0.2) is 8.24 Å². The summed E-state index contributed by atoms with van der Waals surface area (Å²) in [6.07, 6.45) is 0. The van der Waals surface area contributed by atoms with Gasteiger partial charge in [-0.1, -0.05) is 74.4 Å². The molecule has 0 saturated carbocycles. The molecule has 0 fully saturated rings. The lowest BCUT2D eigenvalue weighted by molar-refractivity contribution is 1.24. The molecule has 1 radical (unpaired) electrons. The zero-order valence-corrected chi connectivity index (χ0v) is 18.3. The molecule has 0 unspecified atom stereocenters. The van der Waals surface area contributed by atoms with Crippen molar-refractivity contribution in [3.8, 4) is 0 Å². The van der Waals surface area contributed by atoms with Gasteiger partial charge >= 0.3 is 0 Å². The molecule has 4 heteroatoms. The van der Waals surface area contributed by atoms with Gasteiger partial charge in [-0.15, -0.1) is 0 Å². The predicted molar refractivity (Wildman–Crippen MR) is 106 cm³/mol. The second kappa shape index (κ2) is 6.26. The Hall–Kier alpha value is -0.589. The molecule has 1 rings (SSSR count). The van der Waals surface area contributed by atoms with E-state index in [1.165, 1.54) is 11.3 Å². The lowest BCUT2D eigenvalue weighted by atomic mass is 10.2. The third kappa shape index (κ3) is 5.60. The van der Waals surface area contributed by atoms with Gasteiger partial charge in [0.1, 0.15) is 0 Å². The van der Waals surface area contributed by atoms with Gasteiger partial charge in [0.2, 0.25) is 0 Å². The molecular formula is C17H32NSi3. The van der Waals surface area contributed by atoms with Crippen LogP contribution in [0, 0.1) is 0 Å². The molecule has 0 bridgehead atoms. The van der Waals surface area contributed by atoms with Crippen LogP contribution in [0.3, 0.4) is 0 Å². The van der Waals surface area contributed by atoms with Crippen molar-refractivity contribution < 1.29 is 0 Å². The quantitative estimate of drug-likeness (QED) is 0.623. The molecule has 1 aromatic rings. The van der Waals surface area contributed by atoms with Crippen molar-refractivity contribution in [3.63, 3.8) is 0 Å². The number of hydrogen-bond donors (Lipinski definition) is 0. The zero-order valence-electron chi connectivity index (χ0n) is 15.3. The highest BCUT2D eigenvalue weighted by Crippen LogP contribution is 2.33. The first-order chi connectivity index (χ1) is 9.32. The molecule has 0 aromatic heterocycles. The van der Waals surface area contributed by atoms with Crippen LogP contribution in [0.5, 0.6) is 0 Å². The average Bonchev–Trinajstić information content (AvgIpc) is 2.23. The van der Waals surface area contributed by atoms with Crippen LogP contribution in [0.15, 0.2) is 35.2 Å². The van der Waals surface area contributed by atoms with E-state index >= 15 is 0 Å². The molecular weight excluding hydrogens is 302 g/mol. The molecule has 0 N–H and O–H groups in total. The summed E-state index contributed by atoms with van der Waals surface area (Å²) in [4.78, 5) is 7.03. The minimum absolute atomic E-state index is 1.32. The topological polar surface area (TPSA) is 14.1 Å². The monoisotopic (exact) mass is 334 g/mol. The van der Waals surface area contributed by atoms with Crippen molar-refractivity contribution in [1.29, 1.82) is 0 Å². The molecule has 1 nitrogen and oxygen atoms in total. The van der Waals surface area contributed by atoms with E-state index in [1.807, 2.05) is 0 Å². The summed E-state index contributed by atoms with van der Waals surface area (Å²) >= 11 is 0. The maximum atomic E-state index is 5.30. The van der Waals surface area contributed by atoms with Gasteiger partial charge in [-0.25, -0.2) is 0 Å². The van der Waals surface area contributed by atoms with Crippen LogP contribution in [-0.2, 0) is 0 Å². The van der Waals surface area contributed by atoms with Crippen molar-refractivity contribution in [2.24, 2.45) is 0 Å². The summed E-state index contributed by atoms with van der Waals surface area (Å²) in [6, 6.07) is 10.8. The van der Waals surface area contributed by atoms with Gasteiger partial charge in [-0.05, 0) is 25.2 Å². The molecule has 0 amide bonds. The van der Waals surface area contributed by atoms with Gasteiger partial charge in [0.05, 0.1) is 16.1 Å². The predicted octanol–water partition coefficient (Wildman–Crippen LogP) is 5.59. The van der Waals surface area contributed by atoms with Gasteiger partial charge < -0.3 is 4.98 Å². The number of hydrogen-bond acceptors (Lipinski definition) is 0. The summed E-state index contributed by atoms with van der Waals surface area (Å²) < 4.78 is 0. The first kappa shape index (κ1) is 18.5. The standard InChI is InChI=1S/C17H32NSi3/c1-19(2,3)17(20(4,5)6)16(18-21(7,8)9)15-13-11-10-12-14-15/h10-14H,1-9H3. The molecule has 0 spiro atoms. The van der Waals surface area contributed by atoms with Crippen LogP contribution in [0.2, 0.25) is 58.9 Å². The molecule has 0 heterocycles. The molecule has 1 aromatic carbocycles. The Kier molecular flexibility index (Phi) is 5.51. The van der Waals surface area contributed by atoms with E-state index in [2.05, 4.69) is 89.3 Å². The van der Waals surface area contributed by atoms with E-state index in [9.17, 15) is 0 Å². The molecule has 0 saturated heterocycles. The maximum Gasteiger partial charge on any atom is 0.173 e. The molecule has 117 valence electrons. The van der Waals surface area contributed by atoms with Crippen LogP contribution < -0.4 is 4.98 Å². The van der Waals surface area contributed by atoms with Gasteiger partial charge in [-0.2, -0.15) is 0 Å². The fraction of sp³-hybridized carbons (Fsp3) is 0.529. The van der Waals surface area contributed by atoms with Gasteiger partial charge in [-0.3, -0.25) is 0 Å². The van der Waals surface area contributed by atoms with E-state index in [1.54, 1.807) is 4.82 Å². The molecule has 0 atom stereocenters. The maximum absolute atomic E-state index is 5.30. The van der Waals surface area contributed by atoms with Crippen molar-refractivity contribution in [3.05, 3.63) is 40.7 Å². The van der Waals surface area contributed by atoms with Crippen LogP contribution in [0.25, 0.3) is 5.70 Å². The van der Waals surface area contributed by atoms with Gasteiger partial charge in [0, 0.05) is 5.70 Å². The number of rotatable bonds is 5. The molecule has 0 aliphatic rings. The zero-order chi connectivity index (χ0) is 16.5. The highest BCUT2D eigenvalue weighted by molar-refractivity contribution is 7.05. The Morgan fingerprint density at radius 2 is 1.14 bits per heavy atom. The van der Waals surface area contributed by atoms with E-state index < -0.39 is 24.4 Å². The molecule has 0 aliphatic heterocycles. The highest BCUT2D eigenvalue weighted by Gasteiger charge is 2.35. The molecule has 21 heavy (non-hydrogen) atoms. The van der Waals surface area contributed by atoms with E-state index in [0.29, 0.717) is 0 Å². The molecule has 0 aliphatic carbocycles. The summed E-state index contributed by atoms with van der Waals surface area (Å²) in [5.74, 6) is 0. The minimum Gasteiger partial charge on any atom is -0.322 e. The largest absolute Gasteiger partial charge is 0.322 e. The lowest BCUT2D eigenvalue weighted by Gasteiger charge is -2.36. The van der Waals surface area contributed by atoms with Crippen molar-refractivity contribution in [2.75, 3.05) is 0 Å². The fourth-order valence-corrected chi connectivity index (χ4v) is 15.0. The Morgan fingerprint density at radius 1 is 0.714 bits per heavy atom. The van der Waals surface area contributed by atoms with Crippen molar-refractivity contribution >= 4 is 30.1 Å². The van der Waals surface area contributed by atoms with Gasteiger partial charge in [0.25, 0.3) is 0 Å². The summed E-state index contributed by atoms with van der Waals surface area (Å²) in [7, 11) is -4.31. The summed E-state index contributed by atoms with van der Waals surface area (Å²) in [5, 5.41) is 0.